The highest BCUT2D eigenvalue weighted by atomic mass is 16.5. The summed E-state index contributed by atoms with van der Waals surface area (Å²) in [5, 5.41) is 0.796. The van der Waals surface area contributed by atoms with Crippen LogP contribution in [0.15, 0.2) is 24.3 Å². The molecule has 0 radical (unpaired) electrons. The Labute approximate surface area is 152 Å². The van der Waals surface area contributed by atoms with E-state index in [2.05, 4.69) is 4.98 Å². The van der Waals surface area contributed by atoms with Crippen LogP contribution in [0.1, 0.15) is 35.0 Å². The summed E-state index contributed by atoms with van der Waals surface area (Å²) in [6.45, 7) is 3.76. The molecule has 1 fully saturated rings. The van der Waals surface area contributed by atoms with Crippen molar-refractivity contribution in [1.82, 2.24) is 9.88 Å². The van der Waals surface area contributed by atoms with Crippen molar-refractivity contribution in [3.05, 3.63) is 41.1 Å². The second-order valence-electron chi connectivity index (χ2n) is 6.77. The van der Waals surface area contributed by atoms with Crippen LogP contribution in [0.5, 0.6) is 0 Å². The number of aromatic nitrogens is 1. The second-order valence-corrected chi connectivity index (χ2v) is 6.77. The van der Waals surface area contributed by atoms with E-state index in [0.717, 1.165) is 41.4 Å². The number of carbonyl (C=O) groups is 2. The van der Waals surface area contributed by atoms with E-state index in [-0.39, 0.29) is 5.91 Å². The fourth-order valence-electron chi connectivity index (χ4n) is 3.75. The maximum atomic E-state index is 13.0. The Morgan fingerprint density at radius 1 is 1.19 bits per heavy atom. The summed E-state index contributed by atoms with van der Waals surface area (Å²) < 4.78 is 10.9. The number of carbonyl (C=O) groups excluding carboxylic acids is 2. The number of para-hydroxylation sites is 1. The first-order valence-electron chi connectivity index (χ1n) is 9.13. The van der Waals surface area contributed by atoms with E-state index in [0.29, 0.717) is 31.9 Å². The van der Waals surface area contributed by atoms with Gasteiger partial charge in [-0.1, -0.05) is 18.2 Å². The molecule has 1 unspecified atom stereocenters. The van der Waals surface area contributed by atoms with Gasteiger partial charge in [0.1, 0.15) is 0 Å². The zero-order valence-corrected chi connectivity index (χ0v) is 14.9. The fourth-order valence-corrected chi connectivity index (χ4v) is 3.75. The Bertz CT molecular complexity index is 858. The third-order valence-corrected chi connectivity index (χ3v) is 5.08. The van der Waals surface area contributed by atoms with Crippen LogP contribution in [0.25, 0.3) is 10.9 Å². The van der Waals surface area contributed by atoms with Gasteiger partial charge in [-0.15, -0.1) is 0 Å². The van der Waals surface area contributed by atoms with Crippen LogP contribution >= 0.6 is 0 Å². The number of benzene rings is 1. The van der Waals surface area contributed by atoms with Gasteiger partial charge in [0.15, 0.2) is 6.10 Å². The summed E-state index contributed by atoms with van der Waals surface area (Å²) in [5.74, 6) is -0.604. The molecule has 6 heteroatoms. The van der Waals surface area contributed by atoms with Crippen molar-refractivity contribution in [2.24, 2.45) is 0 Å². The summed E-state index contributed by atoms with van der Waals surface area (Å²) >= 11 is 0. The molecule has 6 nitrogen and oxygen atoms in total. The first kappa shape index (κ1) is 17.0. The third-order valence-electron chi connectivity index (χ3n) is 5.08. The van der Waals surface area contributed by atoms with Crippen molar-refractivity contribution in [3.8, 4) is 0 Å². The smallest absolute Gasteiger partial charge is 0.339 e. The summed E-state index contributed by atoms with van der Waals surface area (Å²) in [4.78, 5) is 31.9. The molecule has 0 bridgehead atoms. The van der Waals surface area contributed by atoms with Crippen molar-refractivity contribution in [2.75, 3.05) is 26.3 Å². The molecule has 0 spiro atoms. The average Bonchev–Trinajstić information content (AvgIpc) is 3.13. The highest BCUT2D eigenvalue weighted by Gasteiger charge is 2.29. The quantitative estimate of drug-likeness (QED) is 0.790. The molecule has 2 heterocycles. The van der Waals surface area contributed by atoms with Crippen LogP contribution in [-0.2, 0) is 27.1 Å². The van der Waals surface area contributed by atoms with E-state index in [1.54, 1.807) is 11.8 Å². The SMILES string of the molecule is CC(OC(=O)c1c2c(nc3ccccc13)CCC2)C(=O)N1CCOCC1. The van der Waals surface area contributed by atoms with Gasteiger partial charge < -0.3 is 14.4 Å². The molecular weight excluding hydrogens is 332 g/mol. The summed E-state index contributed by atoms with van der Waals surface area (Å²) in [5.41, 5.74) is 3.32. The molecule has 2 aliphatic rings. The second kappa shape index (κ2) is 7.03. The maximum absolute atomic E-state index is 13.0. The zero-order chi connectivity index (χ0) is 18.1. The molecule has 1 aliphatic heterocycles. The van der Waals surface area contributed by atoms with Crippen LogP contribution in [0, 0.1) is 0 Å². The van der Waals surface area contributed by atoms with Gasteiger partial charge in [0.2, 0.25) is 0 Å². The lowest BCUT2D eigenvalue weighted by atomic mass is 10.0. The Kier molecular flexibility index (Phi) is 4.59. The molecule has 1 aliphatic carbocycles. The van der Waals surface area contributed by atoms with Gasteiger partial charge in [-0.05, 0) is 37.8 Å². The van der Waals surface area contributed by atoms with Crippen molar-refractivity contribution in [2.45, 2.75) is 32.3 Å². The van der Waals surface area contributed by atoms with Crippen LogP contribution in [0.4, 0.5) is 0 Å². The van der Waals surface area contributed by atoms with Crippen LogP contribution in [0.2, 0.25) is 0 Å². The van der Waals surface area contributed by atoms with E-state index in [1.165, 1.54) is 0 Å². The van der Waals surface area contributed by atoms with Gasteiger partial charge in [-0.25, -0.2) is 4.79 Å². The first-order valence-corrected chi connectivity index (χ1v) is 9.13. The number of nitrogens with zero attached hydrogens (tertiary/aromatic N) is 2. The zero-order valence-electron chi connectivity index (χ0n) is 14.9. The van der Waals surface area contributed by atoms with Crippen LogP contribution < -0.4 is 0 Å². The number of ether oxygens (including phenoxy) is 2. The van der Waals surface area contributed by atoms with Crippen molar-refractivity contribution < 1.29 is 19.1 Å². The normalized spacial score (nSPS) is 17.8. The molecule has 1 aromatic heterocycles. The highest BCUT2D eigenvalue weighted by molar-refractivity contribution is 6.06. The minimum absolute atomic E-state index is 0.170. The highest BCUT2D eigenvalue weighted by Crippen LogP contribution is 2.30. The van der Waals surface area contributed by atoms with Crippen LogP contribution in [-0.4, -0.2) is 54.2 Å². The standard InChI is InChI=1S/C20H22N2O4/c1-13(19(23)22-9-11-25-12-10-22)26-20(24)18-14-5-2-3-7-16(14)21-17-8-4-6-15(17)18/h2-3,5,7,13H,4,6,8-12H2,1H3. The number of hydrogen-bond acceptors (Lipinski definition) is 5. The Morgan fingerprint density at radius 3 is 2.77 bits per heavy atom. The number of amides is 1. The van der Waals surface area contributed by atoms with Gasteiger partial charge in [-0.3, -0.25) is 9.78 Å². The lowest BCUT2D eigenvalue weighted by Crippen LogP contribution is -2.46. The van der Waals surface area contributed by atoms with Gasteiger partial charge in [-0.2, -0.15) is 0 Å². The molecule has 4 rings (SSSR count). The number of pyridine rings is 1. The van der Waals surface area contributed by atoms with Gasteiger partial charge in [0.25, 0.3) is 5.91 Å². The van der Waals surface area contributed by atoms with E-state index in [4.69, 9.17) is 9.47 Å². The number of aryl methyl sites for hydroxylation is 1. The Morgan fingerprint density at radius 2 is 1.96 bits per heavy atom. The lowest BCUT2D eigenvalue weighted by Gasteiger charge is -2.29. The molecule has 1 aromatic carbocycles. The monoisotopic (exact) mass is 354 g/mol. The molecular formula is C20H22N2O4. The molecule has 0 saturated carbocycles. The Hall–Kier alpha value is -2.47. The molecule has 1 saturated heterocycles. The maximum Gasteiger partial charge on any atom is 0.339 e. The summed E-state index contributed by atoms with van der Waals surface area (Å²) in [6.07, 6.45) is 1.87. The molecule has 2 aromatic rings. The van der Waals surface area contributed by atoms with E-state index >= 15 is 0 Å². The minimum atomic E-state index is -0.815. The predicted octanol–water partition coefficient (Wildman–Crippen LogP) is 2.13. The van der Waals surface area contributed by atoms with E-state index < -0.39 is 12.1 Å². The number of hydrogen-bond donors (Lipinski definition) is 0. The predicted molar refractivity (Wildman–Crippen MR) is 96.0 cm³/mol. The van der Waals surface area contributed by atoms with Gasteiger partial charge in [0.05, 0.1) is 24.3 Å². The molecule has 1 amide bonds. The average molecular weight is 354 g/mol. The van der Waals surface area contributed by atoms with Gasteiger partial charge in [0, 0.05) is 24.2 Å². The van der Waals surface area contributed by atoms with Crippen molar-refractivity contribution in [3.63, 3.8) is 0 Å². The van der Waals surface area contributed by atoms with Gasteiger partial charge >= 0.3 is 5.97 Å². The molecule has 26 heavy (non-hydrogen) atoms. The minimum Gasteiger partial charge on any atom is -0.449 e. The van der Waals surface area contributed by atoms with Crippen molar-refractivity contribution in [1.29, 1.82) is 0 Å². The summed E-state index contributed by atoms with van der Waals surface area (Å²) in [7, 11) is 0. The summed E-state index contributed by atoms with van der Waals surface area (Å²) in [6, 6.07) is 7.61. The van der Waals surface area contributed by atoms with E-state index in [9.17, 15) is 9.59 Å². The third kappa shape index (κ3) is 3.05. The van der Waals surface area contributed by atoms with Crippen LogP contribution in [0.3, 0.4) is 0 Å². The lowest BCUT2D eigenvalue weighted by molar-refractivity contribution is -0.143. The van der Waals surface area contributed by atoms with E-state index in [1.807, 2.05) is 24.3 Å². The first-order chi connectivity index (χ1) is 12.6. The topological polar surface area (TPSA) is 68.7 Å². The number of morpholine rings is 1. The molecule has 136 valence electrons. The molecule has 0 N–H and O–H groups in total. The number of esters is 1. The van der Waals surface area contributed by atoms with Crippen molar-refractivity contribution >= 4 is 22.8 Å². The largest absolute Gasteiger partial charge is 0.449 e. The molecule has 1 atom stereocenters. The Balaban J connectivity index is 1.61. The fraction of sp³-hybridized carbons (Fsp3) is 0.450. The number of rotatable bonds is 3. The number of fused-ring (bicyclic) bond motifs is 2.